The van der Waals surface area contributed by atoms with Crippen LogP contribution >= 0.6 is 15.9 Å². The highest BCUT2D eigenvalue weighted by Gasteiger charge is 2.29. The minimum Gasteiger partial charge on any atom is -0.0888 e. The smallest absolute Gasteiger partial charge is 0.0176 e. The molecule has 1 aliphatic carbocycles. The Balaban J connectivity index is 2.44. The first-order valence-electron chi connectivity index (χ1n) is 5.79. The third-order valence-electron chi connectivity index (χ3n) is 3.55. The maximum absolute atomic E-state index is 3.87. The second kappa shape index (κ2) is 5.38. The van der Waals surface area contributed by atoms with Gasteiger partial charge in [0.1, 0.15) is 0 Å². The molecule has 0 saturated heterocycles. The van der Waals surface area contributed by atoms with Gasteiger partial charge in [-0.05, 0) is 30.6 Å². The van der Waals surface area contributed by atoms with Gasteiger partial charge in [-0.3, -0.25) is 0 Å². The summed E-state index contributed by atoms with van der Waals surface area (Å²) in [6.45, 7) is 7.12. The minimum atomic E-state index is 0.773. The van der Waals surface area contributed by atoms with Crippen molar-refractivity contribution in [2.45, 2.75) is 57.7 Å². The van der Waals surface area contributed by atoms with Crippen molar-refractivity contribution >= 4 is 15.9 Å². The summed E-state index contributed by atoms with van der Waals surface area (Å²) in [5, 5.41) is 0. The minimum absolute atomic E-state index is 0.773. The average molecular weight is 247 g/mol. The Kier molecular flexibility index (Phi) is 4.78. The van der Waals surface area contributed by atoms with Gasteiger partial charge in [0.05, 0.1) is 0 Å². The molecule has 1 saturated carbocycles. The molecule has 1 fully saturated rings. The number of alkyl halides is 1. The fraction of sp³-hybridized carbons (Fsp3) is 1.00. The fourth-order valence-corrected chi connectivity index (χ4v) is 3.76. The van der Waals surface area contributed by atoms with E-state index in [-0.39, 0.29) is 0 Å². The Morgan fingerprint density at radius 2 is 2.00 bits per heavy atom. The Bertz CT molecular complexity index is 144. The van der Waals surface area contributed by atoms with Crippen LogP contribution in [0.5, 0.6) is 0 Å². The van der Waals surface area contributed by atoms with Crippen molar-refractivity contribution in [1.29, 1.82) is 0 Å². The van der Waals surface area contributed by atoms with E-state index in [1.165, 1.54) is 32.1 Å². The van der Waals surface area contributed by atoms with Crippen LogP contribution in [0.3, 0.4) is 0 Å². The van der Waals surface area contributed by atoms with Crippen molar-refractivity contribution in [3.63, 3.8) is 0 Å². The summed E-state index contributed by atoms with van der Waals surface area (Å²) in [4.78, 5) is 0.773. The van der Waals surface area contributed by atoms with Crippen LogP contribution < -0.4 is 0 Å². The van der Waals surface area contributed by atoms with Gasteiger partial charge in [0.2, 0.25) is 0 Å². The van der Waals surface area contributed by atoms with E-state index in [1.54, 1.807) is 0 Å². The molecule has 1 heteroatoms. The van der Waals surface area contributed by atoms with Crippen LogP contribution in [0.15, 0.2) is 0 Å². The summed E-state index contributed by atoms with van der Waals surface area (Å²) >= 11 is 3.87. The molecule has 0 aromatic rings. The van der Waals surface area contributed by atoms with Crippen LogP contribution in [-0.4, -0.2) is 4.83 Å². The van der Waals surface area contributed by atoms with Crippen LogP contribution in [-0.2, 0) is 0 Å². The van der Waals surface area contributed by atoms with E-state index in [1.807, 2.05) is 0 Å². The maximum Gasteiger partial charge on any atom is 0.0176 e. The van der Waals surface area contributed by atoms with Crippen molar-refractivity contribution in [2.75, 3.05) is 0 Å². The van der Waals surface area contributed by atoms with Crippen molar-refractivity contribution < 1.29 is 0 Å². The maximum atomic E-state index is 3.87. The lowest BCUT2D eigenvalue weighted by Gasteiger charge is -2.35. The van der Waals surface area contributed by atoms with Crippen molar-refractivity contribution in [1.82, 2.24) is 0 Å². The third-order valence-corrected chi connectivity index (χ3v) is 4.69. The van der Waals surface area contributed by atoms with Crippen molar-refractivity contribution in [3.05, 3.63) is 0 Å². The van der Waals surface area contributed by atoms with Gasteiger partial charge in [0.25, 0.3) is 0 Å². The number of rotatable bonds is 3. The van der Waals surface area contributed by atoms with E-state index in [4.69, 9.17) is 0 Å². The Hall–Kier alpha value is 0.480. The highest BCUT2D eigenvalue weighted by Crippen LogP contribution is 2.39. The molecule has 1 rings (SSSR count). The summed E-state index contributed by atoms with van der Waals surface area (Å²) in [6.07, 6.45) is 6.99. The lowest BCUT2D eigenvalue weighted by molar-refractivity contribution is 0.197. The molecule has 0 heterocycles. The predicted octanol–water partition coefficient (Wildman–Crippen LogP) is 4.62. The quantitative estimate of drug-likeness (QED) is 0.638. The number of hydrogen-bond donors (Lipinski definition) is 0. The molecule has 0 aromatic carbocycles. The normalized spacial score (nSPS) is 37.4. The first kappa shape index (κ1) is 11.6. The zero-order valence-electron chi connectivity index (χ0n) is 9.22. The summed E-state index contributed by atoms with van der Waals surface area (Å²) in [5.74, 6) is 2.83. The summed E-state index contributed by atoms with van der Waals surface area (Å²) < 4.78 is 0. The number of hydrogen-bond acceptors (Lipinski definition) is 0. The van der Waals surface area contributed by atoms with Crippen molar-refractivity contribution in [2.24, 2.45) is 17.8 Å². The zero-order chi connectivity index (χ0) is 9.84. The van der Waals surface area contributed by atoms with Gasteiger partial charge in [0.15, 0.2) is 0 Å². The van der Waals surface area contributed by atoms with Crippen molar-refractivity contribution in [3.8, 4) is 0 Å². The molecule has 1 aliphatic rings. The molecule has 4 unspecified atom stereocenters. The van der Waals surface area contributed by atoms with E-state index in [2.05, 4.69) is 36.7 Å². The van der Waals surface area contributed by atoms with Crippen LogP contribution in [0.1, 0.15) is 52.9 Å². The first-order chi connectivity index (χ1) is 6.15. The molecule has 0 nitrogen and oxygen atoms in total. The fourth-order valence-electron chi connectivity index (χ4n) is 2.57. The Morgan fingerprint density at radius 1 is 1.31 bits per heavy atom. The molecule has 13 heavy (non-hydrogen) atoms. The molecule has 4 atom stereocenters. The molecule has 78 valence electrons. The van der Waals surface area contributed by atoms with Gasteiger partial charge in [-0.25, -0.2) is 0 Å². The van der Waals surface area contributed by atoms with E-state index < -0.39 is 0 Å². The third kappa shape index (κ3) is 3.27. The van der Waals surface area contributed by atoms with Gasteiger partial charge < -0.3 is 0 Å². The standard InChI is InChI=1S/C12H23Br/c1-4-5-12(13)11-8-9(2)6-7-10(11)3/h9-12H,4-8H2,1-3H3. The molecule has 0 spiro atoms. The summed E-state index contributed by atoms with van der Waals surface area (Å²) in [7, 11) is 0. The molecular weight excluding hydrogens is 224 g/mol. The molecule has 0 radical (unpaired) electrons. The van der Waals surface area contributed by atoms with Gasteiger partial charge in [-0.2, -0.15) is 0 Å². The highest BCUT2D eigenvalue weighted by molar-refractivity contribution is 9.09. The second-order valence-electron chi connectivity index (χ2n) is 4.86. The van der Waals surface area contributed by atoms with E-state index in [0.717, 1.165) is 22.6 Å². The largest absolute Gasteiger partial charge is 0.0888 e. The Morgan fingerprint density at radius 3 is 2.62 bits per heavy atom. The first-order valence-corrected chi connectivity index (χ1v) is 6.70. The van der Waals surface area contributed by atoms with E-state index in [9.17, 15) is 0 Å². The summed E-state index contributed by atoms with van der Waals surface area (Å²) in [5.41, 5.74) is 0. The lowest BCUT2D eigenvalue weighted by atomic mass is 9.73. The molecule has 0 aliphatic heterocycles. The Labute approximate surface area is 91.6 Å². The monoisotopic (exact) mass is 246 g/mol. The topological polar surface area (TPSA) is 0 Å². The summed E-state index contributed by atoms with van der Waals surface area (Å²) in [6, 6.07) is 0. The average Bonchev–Trinajstić information content (AvgIpc) is 2.09. The van der Waals surface area contributed by atoms with E-state index >= 15 is 0 Å². The van der Waals surface area contributed by atoms with Gasteiger partial charge >= 0.3 is 0 Å². The molecule has 0 N–H and O–H groups in total. The molecule has 0 amide bonds. The van der Waals surface area contributed by atoms with Crippen LogP contribution in [0.25, 0.3) is 0 Å². The molecule has 0 bridgehead atoms. The number of halogens is 1. The zero-order valence-corrected chi connectivity index (χ0v) is 10.8. The molecular formula is C12H23Br. The van der Waals surface area contributed by atoms with Crippen LogP contribution in [0.4, 0.5) is 0 Å². The van der Waals surface area contributed by atoms with Gasteiger partial charge in [-0.15, -0.1) is 0 Å². The lowest BCUT2D eigenvalue weighted by Crippen LogP contribution is -2.28. The SMILES string of the molecule is CCCC(Br)C1CC(C)CCC1C. The van der Waals surface area contributed by atoms with Gasteiger partial charge in [0, 0.05) is 4.83 Å². The van der Waals surface area contributed by atoms with Gasteiger partial charge in [-0.1, -0.05) is 56.0 Å². The second-order valence-corrected chi connectivity index (χ2v) is 6.04. The molecule has 0 aromatic heterocycles. The van der Waals surface area contributed by atoms with Crippen LogP contribution in [0, 0.1) is 17.8 Å². The predicted molar refractivity (Wildman–Crippen MR) is 63.3 cm³/mol. The highest BCUT2D eigenvalue weighted by atomic mass is 79.9. The van der Waals surface area contributed by atoms with E-state index in [0.29, 0.717) is 0 Å². The van der Waals surface area contributed by atoms with Crippen LogP contribution in [0.2, 0.25) is 0 Å².